The number of carbonyl (C=O) groups is 1. The van der Waals surface area contributed by atoms with Gasteiger partial charge in [-0.25, -0.2) is 4.98 Å². The van der Waals surface area contributed by atoms with E-state index < -0.39 is 5.54 Å². The van der Waals surface area contributed by atoms with Crippen molar-refractivity contribution in [2.24, 2.45) is 5.73 Å². The molecule has 3 N–H and O–H groups in total. The number of carbonyl (C=O) groups excluding carboxylic acids is 1. The average molecular weight is 427 g/mol. The molecule has 0 aliphatic carbocycles. The maximum Gasteiger partial charge on any atom is 0.244 e. The molecule has 0 aliphatic heterocycles. The van der Waals surface area contributed by atoms with E-state index in [0.29, 0.717) is 6.54 Å². The molecule has 1 atom stereocenters. The zero-order valence-corrected chi connectivity index (χ0v) is 16.2. The number of amides is 1. The first-order chi connectivity index (χ1) is 9.41. The van der Waals surface area contributed by atoms with Gasteiger partial charge in [-0.05, 0) is 31.5 Å². The van der Waals surface area contributed by atoms with Crippen molar-refractivity contribution in [3.8, 4) is 0 Å². The Hall–Kier alpha value is -0.660. The Morgan fingerprint density at radius 1 is 1.36 bits per heavy atom. The predicted molar refractivity (Wildman–Crippen MR) is 98.9 cm³/mol. The summed E-state index contributed by atoms with van der Waals surface area (Å²) < 4.78 is 0.956. The molecule has 2 rings (SSSR count). The van der Waals surface area contributed by atoms with Gasteiger partial charge < -0.3 is 11.1 Å². The van der Waals surface area contributed by atoms with Crippen molar-refractivity contribution < 1.29 is 4.79 Å². The van der Waals surface area contributed by atoms with Gasteiger partial charge in [-0.2, -0.15) is 0 Å². The van der Waals surface area contributed by atoms with Crippen molar-refractivity contribution in [2.45, 2.75) is 25.9 Å². The summed E-state index contributed by atoms with van der Waals surface area (Å²) in [5.41, 5.74) is 8.60. The topological polar surface area (TPSA) is 68.0 Å². The van der Waals surface area contributed by atoms with E-state index in [0.717, 1.165) is 20.6 Å². The van der Waals surface area contributed by atoms with Crippen LogP contribution in [0.4, 0.5) is 0 Å². The zero-order valence-electron chi connectivity index (χ0n) is 12.1. The molecule has 0 saturated carbocycles. The molecule has 0 spiro atoms. The summed E-state index contributed by atoms with van der Waals surface area (Å²) in [5, 5.41) is 2.87. The summed E-state index contributed by atoms with van der Waals surface area (Å²) in [4.78, 5) is 17.5. The third-order valence-electron chi connectivity index (χ3n) is 3.17. The summed E-state index contributed by atoms with van der Waals surface area (Å²) in [7, 11) is 0. The number of aromatic nitrogens is 1. The Balaban J connectivity index is 0.00000220. The van der Waals surface area contributed by atoms with E-state index in [2.05, 4.69) is 26.2 Å². The molecule has 0 aliphatic rings. The zero-order chi connectivity index (χ0) is 14.8. The minimum absolute atomic E-state index is 0. The lowest BCUT2D eigenvalue weighted by Crippen LogP contribution is -2.48. The quantitative estimate of drug-likeness (QED) is 0.785. The SMILES string of the molecule is Cc1ncsc1CNC(=O)C(C)(N)c1ccc(Br)cc1.Cl.Cl. The van der Waals surface area contributed by atoms with Gasteiger partial charge in [-0.1, -0.05) is 28.1 Å². The number of hydrogen-bond donors (Lipinski definition) is 2. The lowest BCUT2D eigenvalue weighted by atomic mass is 9.92. The highest BCUT2D eigenvalue weighted by Crippen LogP contribution is 2.21. The molecular formula is C14H18BrCl2N3OS. The van der Waals surface area contributed by atoms with Gasteiger partial charge in [-0.3, -0.25) is 4.79 Å². The van der Waals surface area contributed by atoms with Gasteiger partial charge in [-0.15, -0.1) is 36.2 Å². The van der Waals surface area contributed by atoms with Crippen LogP contribution in [0.2, 0.25) is 0 Å². The summed E-state index contributed by atoms with van der Waals surface area (Å²) in [6, 6.07) is 7.45. The number of benzene rings is 1. The standard InChI is InChI=1S/C14H16BrN3OS.2ClH/c1-9-12(20-8-18-9)7-17-13(19)14(2,16)10-3-5-11(15)6-4-10;;/h3-6,8H,7,16H2,1-2H3,(H,17,19);2*1H. The van der Waals surface area contributed by atoms with Crippen LogP contribution in [0, 0.1) is 6.92 Å². The number of nitrogens with zero attached hydrogens (tertiary/aromatic N) is 1. The highest BCUT2D eigenvalue weighted by Gasteiger charge is 2.30. The maximum atomic E-state index is 12.3. The van der Waals surface area contributed by atoms with Crippen LogP contribution in [0.1, 0.15) is 23.1 Å². The Morgan fingerprint density at radius 3 is 2.45 bits per heavy atom. The summed E-state index contributed by atoms with van der Waals surface area (Å²) >= 11 is 4.89. The largest absolute Gasteiger partial charge is 0.349 e. The molecule has 1 heterocycles. The Bertz CT molecular complexity index is 617. The van der Waals surface area contributed by atoms with Crippen LogP contribution >= 0.6 is 52.1 Å². The van der Waals surface area contributed by atoms with Crippen LogP contribution in [-0.2, 0) is 16.9 Å². The van der Waals surface area contributed by atoms with Crippen LogP contribution in [0.5, 0.6) is 0 Å². The van der Waals surface area contributed by atoms with Crippen molar-refractivity contribution in [1.29, 1.82) is 0 Å². The highest BCUT2D eigenvalue weighted by atomic mass is 79.9. The van der Waals surface area contributed by atoms with E-state index >= 15 is 0 Å². The van der Waals surface area contributed by atoms with Crippen LogP contribution in [0.3, 0.4) is 0 Å². The smallest absolute Gasteiger partial charge is 0.244 e. The normalized spacial score (nSPS) is 12.5. The highest BCUT2D eigenvalue weighted by molar-refractivity contribution is 9.10. The van der Waals surface area contributed by atoms with Crippen molar-refractivity contribution in [3.63, 3.8) is 0 Å². The Kier molecular flexibility index (Phi) is 8.57. The average Bonchev–Trinajstić information content (AvgIpc) is 2.82. The second-order valence-electron chi connectivity index (χ2n) is 4.75. The second kappa shape index (κ2) is 8.84. The molecule has 122 valence electrons. The molecule has 8 heteroatoms. The Labute approximate surface area is 154 Å². The number of hydrogen-bond acceptors (Lipinski definition) is 4. The number of nitrogens with two attached hydrogens (primary N) is 1. The summed E-state index contributed by atoms with van der Waals surface area (Å²) in [6.07, 6.45) is 0. The molecule has 4 nitrogen and oxygen atoms in total. The van der Waals surface area contributed by atoms with Crippen molar-refractivity contribution in [3.05, 3.63) is 50.4 Å². The number of thiazole rings is 1. The second-order valence-corrected chi connectivity index (χ2v) is 6.61. The summed E-state index contributed by atoms with van der Waals surface area (Å²) in [6.45, 7) is 4.10. The fourth-order valence-electron chi connectivity index (χ4n) is 1.77. The predicted octanol–water partition coefficient (Wildman–Crippen LogP) is 3.55. The molecule has 22 heavy (non-hydrogen) atoms. The van der Waals surface area contributed by atoms with Gasteiger partial charge >= 0.3 is 0 Å². The minimum Gasteiger partial charge on any atom is -0.349 e. The van der Waals surface area contributed by atoms with Crippen molar-refractivity contribution in [2.75, 3.05) is 0 Å². The molecule has 0 radical (unpaired) electrons. The van der Waals surface area contributed by atoms with Gasteiger partial charge in [0.05, 0.1) is 17.7 Å². The minimum atomic E-state index is -1.06. The number of nitrogens with one attached hydrogen (secondary N) is 1. The van der Waals surface area contributed by atoms with Gasteiger partial charge in [0.15, 0.2) is 0 Å². The van der Waals surface area contributed by atoms with E-state index in [1.807, 2.05) is 31.2 Å². The summed E-state index contributed by atoms with van der Waals surface area (Å²) in [5.74, 6) is -0.201. The van der Waals surface area contributed by atoms with E-state index in [1.165, 1.54) is 11.3 Å². The van der Waals surface area contributed by atoms with E-state index in [4.69, 9.17) is 5.73 Å². The molecule has 2 aromatic rings. The van der Waals surface area contributed by atoms with Gasteiger partial charge in [0.1, 0.15) is 5.54 Å². The molecule has 0 bridgehead atoms. The third kappa shape index (κ3) is 4.93. The monoisotopic (exact) mass is 425 g/mol. The molecule has 1 unspecified atom stereocenters. The lowest BCUT2D eigenvalue weighted by molar-refractivity contribution is -0.126. The van der Waals surface area contributed by atoms with Crippen molar-refractivity contribution in [1.82, 2.24) is 10.3 Å². The van der Waals surface area contributed by atoms with E-state index in [9.17, 15) is 4.79 Å². The number of aryl methyl sites for hydroxylation is 1. The first kappa shape index (κ1) is 21.3. The molecule has 0 saturated heterocycles. The third-order valence-corrected chi connectivity index (χ3v) is 4.63. The van der Waals surface area contributed by atoms with E-state index in [-0.39, 0.29) is 30.7 Å². The number of rotatable bonds is 4. The van der Waals surface area contributed by atoms with Gasteiger partial charge in [0.2, 0.25) is 5.91 Å². The molecule has 0 fully saturated rings. The Morgan fingerprint density at radius 2 is 1.95 bits per heavy atom. The fourth-order valence-corrected chi connectivity index (χ4v) is 2.75. The van der Waals surface area contributed by atoms with Gasteiger partial charge in [0.25, 0.3) is 0 Å². The molecule has 1 aromatic heterocycles. The molecular weight excluding hydrogens is 409 g/mol. The molecule has 1 amide bonds. The first-order valence-electron chi connectivity index (χ1n) is 6.13. The van der Waals surface area contributed by atoms with Crippen LogP contribution < -0.4 is 11.1 Å². The first-order valence-corrected chi connectivity index (χ1v) is 7.80. The van der Waals surface area contributed by atoms with Crippen LogP contribution in [0.25, 0.3) is 0 Å². The lowest BCUT2D eigenvalue weighted by Gasteiger charge is -2.24. The maximum absolute atomic E-state index is 12.3. The van der Waals surface area contributed by atoms with Crippen LogP contribution in [-0.4, -0.2) is 10.9 Å². The van der Waals surface area contributed by atoms with Gasteiger partial charge in [0, 0.05) is 9.35 Å². The van der Waals surface area contributed by atoms with E-state index in [1.54, 1.807) is 12.4 Å². The van der Waals surface area contributed by atoms with Crippen LogP contribution in [0.15, 0.2) is 34.2 Å². The van der Waals surface area contributed by atoms with Crippen molar-refractivity contribution >= 4 is 58.0 Å². The fraction of sp³-hybridized carbons (Fsp3) is 0.286. The number of halogens is 3. The molecule has 1 aromatic carbocycles.